The molecule has 2 N–H and O–H groups in total. The first kappa shape index (κ1) is 19.8. The molecule has 146 valence electrons. The van der Waals surface area contributed by atoms with Crippen molar-refractivity contribution in [2.24, 2.45) is 0 Å². The predicted octanol–water partition coefficient (Wildman–Crippen LogP) is 3.93. The van der Waals surface area contributed by atoms with Crippen molar-refractivity contribution in [2.75, 3.05) is 19.5 Å². The zero-order valence-electron chi connectivity index (χ0n) is 16.2. The third-order valence-corrected chi connectivity index (χ3v) is 5.16. The van der Waals surface area contributed by atoms with E-state index in [1.807, 2.05) is 32.0 Å². The Kier molecular flexibility index (Phi) is 5.94. The van der Waals surface area contributed by atoms with Crippen molar-refractivity contribution >= 4 is 35.3 Å². The van der Waals surface area contributed by atoms with Crippen LogP contribution in [0.1, 0.15) is 29.8 Å². The van der Waals surface area contributed by atoms with Crippen LogP contribution in [0, 0.1) is 0 Å². The molecule has 0 fully saturated rings. The van der Waals surface area contributed by atoms with Crippen LogP contribution in [0.25, 0.3) is 6.08 Å². The van der Waals surface area contributed by atoms with Gasteiger partial charge in [-0.15, -0.1) is 0 Å². The van der Waals surface area contributed by atoms with Gasteiger partial charge in [-0.3, -0.25) is 9.59 Å². The fourth-order valence-electron chi connectivity index (χ4n) is 2.74. The Morgan fingerprint density at radius 2 is 1.86 bits per heavy atom. The molecule has 7 heteroatoms. The largest absolute Gasteiger partial charge is 0.493 e. The number of fused-ring (bicyclic) bond motifs is 1. The smallest absolute Gasteiger partial charge is 0.262 e. The highest BCUT2D eigenvalue weighted by atomic mass is 32.2. The Balaban J connectivity index is 1.86. The lowest BCUT2D eigenvalue weighted by Crippen LogP contribution is -2.30. The summed E-state index contributed by atoms with van der Waals surface area (Å²) in [4.78, 5) is 26.2. The van der Waals surface area contributed by atoms with E-state index in [2.05, 4.69) is 10.6 Å². The lowest BCUT2D eigenvalue weighted by Gasteiger charge is -2.20. The minimum absolute atomic E-state index is 0.0449. The van der Waals surface area contributed by atoms with Crippen LogP contribution < -0.4 is 20.1 Å². The van der Waals surface area contributed by atoms with Gasteiger partial charge in [0, 0.05) is 16.5 Å². The topological polar surface area (TPSA) is 76.7 Å². The maximum atomic E-state index is 12.5. The average molecular weight is 398 g/mol. The fourth-order valence-corrected chi connectivity index (χ4v) is 3.67. The molecule has 0 bridgehead atoms. The van der Waals surface area contributed by atoms with Gasteiger partial charge in [-0.05, 0) is 55.8 Å². The number of carbonyl (C=O) groups is 2. The molecule has 28 heavy (non-hydrogen) atoms. The van der Waals surface area contributed by atoms with Gasteiger partial charge in [0.2, 0.25) is 0 Å². The standard InChI is InChI=1S/C21H22N2O4S/c1-12(2)22-20(24)14-6-8-18-15(11-14)23-21(25)19(28-18)10-13-5-7-16(26-3)17(9-13)27-4/h5-12H,1-4H3,(H,22,24)(H,23,25). The van der Waals surface area contributed by atoms with E-state index in [4.69, 9.17) is 9.47 Å². The zero-order chi connectivity index (χ0) is 20.3. The van der Waals surface area contributed by atoms with Crippen LogP contribution in [0.15, 0.2) is 46.2 Å². The van der Waals surface area contributed by atoms with Gasteiger partial charge < -0.3 is 20.1 Å². The van der Waals surface area contributed by atoms with Crippen molar-refractivity contribution in [2.45, 2.75) is 24.8 Å². The average Bonchev–Trinajstić information content (AvgIpc) is 2.67. The Bertz CT molecular complexity index is 953. The van der Waals surface area contributed by atoms with Gasteiger partial charge in [0.05, 0.1) is 24.8 Å². The lowest BCUT2D eigenvalue weighted by molar-refractivity contribution is -0.112. The van der Waals surface area contributed by atoms with Crippen LogP contribution in [0.5, 0.6) is 11.5 Å². The molecule has 0 atom stereocenters. The fraction of sp³-hybridized carbons (Fsp3) is 0.238. The van der Waals surface area contributed by atoms with Crippen molar-refractivity contribution in [3.63, 3.8) is 0 Å². The molecule has 2 aromatic carbocycles. The van der Waals surface area contributed by atoms with E-state index in [1.165, 1.54) is 11.8 Å². The molecular formula is C21H22N2O4S. The van der Waals surface area contributed by atoms with Gasteiger partial charge >= 0.3 is 0 Å². The van der Waals surface area contributed by atoms with Crippen LogP contribution in [0.4, 0.5) is 5.69 Å². The third-order valence-electron chi connectivity index (χ3n) is 4.06. The Morgan fingerprint density at radius 3 is 2.54 bits per heavy atom. The van der Waals surface area contributed by atoms with Crippen molar-refractivity contribution in [1.82, 2.24) is 5.32 Å². The van der Waals surface area contributed by atoms with E-state index in [0.717, 1.165) is 10.5 Å². The van der Waals surface area contributed by atoms with Crippen molar-refractivity contribution < 1.29 is 19.1 Å². The number of thioether (sulfide) groups is 1. The Labute approximate surface area is 168 Å². The minimum atomic E-state index is -0.214. The number of hydrogen-bond acceptors (Lipinski definition) is 5. The van der Waals surface area contributed by atoms with Crippen molar-refractivity contribution in [3.8, 4) is 11.5 Å². The molecule has 2 aromatic rings. The monoisotopic (exact) mass is 398 g/mol. The molecule has 0 saturated carbocycles. The second kappa shape index (κ2) is 8.39. The van der Waals surface area contributed by atoms with E-state index < -0.39 is 0 Å². The summed E-state index contributed by atoms with van der Waals surface area (Å²) < 4.78 is 10.6. The Hall–Kier alpha value is -2.93. The number of rotatable bonds is 5. The third kappa shape index (κ3) is 4.31. The molecule has 0 aromatic heterocycles. The van der Waals surface area contributed by atoms with E-state index in [-0.39, 0.29) is 17.9 Å². The highest BCUT2D eigenvalue weighted by Gasteiger charge is 2.22. The van der Waals surface area contributed by atoms with Gasteiger partial charge in [0.15, 0.2) is 11.5 Å². The summed E-state index contributed by atoms with van der Waals surface area (Å²) in [7, 11) is 3.15. The highest BCUT2D eigenvalue weighted by Crippen LogP contribution is 2.40. The first-order valence-electron chi connectivity index (χ1n) is 8.79. The summed E-state index contributed by atoms with van der Waals surface area (Å²) in [6, 6.07) is 10.8. The number of carbonyl (C=O) groups excluding carboxylic acids is 2. The van der Waals surface area contributed by atoms with E-state index in [0.29, 0.717) is 27.7 Å². The highest BCUT2D eigenvalue weighted by molar-refractivity contribution is 8.04. The number of nitrogens with one attached hydrogen (secondary N) is 2. The second-order valence-corrected chi connectivity index (χ2v) is 7.60. The molecule has 0 unspecified atom stereocenters. The van der Waals surface area contributed by atoms with E-state index in [9.17, 15) is 9.59 Å². The van der Waals surface area contributed by atoms with Crippen molar-refractivity contribution in [3.05, 3.63) is 52.4 Å². The molecular weight excluding hydrogens is 376 g/mol. The summed E-state index contributed by atoms with van der Waals surface area (Å²) >= 11 is 1.36. The number of anilines is 1. The molecule has 3 rings (SSSR count). The van der Waals surface area contributed by atoms with E-state index in [1.54, 1.807) is 38.5 Å². The summed E-state index contributed by atoms with van der Waals surface area (Å²) in [5.41, 5.74) is 1.98. The summed E-state index contributed by atoms with van der Waals surface area (Å²) in [6.45, 7) is 3.80. The van der Waals surface area contributed by atoms with E-state index >= 15 is 0 Å². The molecule has 1 aliphatic rings. The molecule has 0 saturated heterocycles. The maximum Gasteiger partial charge on any atom is 0.262 e. The Morgan fingerprint density at radius 1 is 1.11 bits per heavy atom. The van der Waals surface area contributed by atoms with Gasteiger partial charge in [-0.25, -0.2) is 0 Å². The summed E-state index contributed by atoms with van der Waals surface area (Å²) in [6.07, 6.45) is 1.80. The zero-order valence-corrected chi connectivity index (χ0v) is 17.0. The molecule has 1 aliphatic heterocycles. The first-order valence-corrected chi connectivity index (χ1v) is 9.60. The first-order chi connectivity index (χ1) is 13.4. The lowest BCUT2D eigenvalue weighted by atomic mass is 10.1. The number of ether oxygens (including phenoxy) is 2. The van der Waals surface area contributed by atoms with Crippen molar-refractivity contribution in [1.29, 1.82) is 0 Å². The second-order valence-electron chi connectivity index (χ2n) is 6.52. The molecule has 0 radical (unpaired) electrons. The van der Waals surface area contributed by atoms with Crippen LogP contribution in [-0.4, -0.2) is 32.1 Å². The summed E-state index contributed by atoms with van der Waals surface area (Å²) in [5, 5.41) is 5.71. The number of amides is 2. The number of methoxy groups -OCH3 is 2. The maximum absolute atomic E-state index is 12.5. The SMILES string of the molecule is COc1ccc(C=C2Sc3ccc(C(=O)NC(C)C)cc3NC2=O)cc1OC. The number of hydrogen-bond donors (Lipinski definition) is 2. The van der Waals surface area contributed by atoms with Gasteiger partial charge in [-0.1, -0.05) is 17.8 Å². The van der Waals surface area contributed by atoms with Gasteiger partial charge in [0.1, 0.15) is 0 Å². The van der Waals surface area contributed by atoms with Crippen LogP contribution in [0.3, 0.4) is 0 Å². The molecule has 1 heterocycles. The predicted molar refractivity (Wildman–Crippen MR) is 111 cm³/mol. The molecule has 0 spiro atoms. The molecule has 2 amide bonds. The van der Waals surface area contributed by atoms with Gasteiger partial charge in [-0.2, -0.15) is 0 Å². The normalized spacial score (nSPS) is 14.5. The van der Waals surface area contributed by atoms with Crippen LogP contribution in [-0.2, 0) is 4.79 Å². The quantitative estimate of drug-likeness (QED) is 0.747. The van der Waals surface area contributed by atoms with Crippen LogP contribution in [0.2, 0.25) is 0 Å². The summed E-state index contributed by atoms with van der Waals surface area (Å²) in [5.74, 6) is 0.847. The minimum Gasteiger partial charge on any atom is -0.493 e. The molecule has 0 aliphatic carbocycles. The van der Waals surface area contributed by atoms with Crippen LogP contribution >= 0.6 is 11.8 Å². The molecule has 6 nitrogen and oxygen atoms in total. The number of benzene rings is 2. The van der Waals surface area contributed by atoms with Gasteiger partial charge in [0.25, 0.3) is 11.8 Å².